The molecule has 0 aromatic heterocycles. The van der Waals surface area contributed by atoms with Crippen molar-refractivity contribution in [1.82, 2.24) is 9.80 Å². The highest BCUT2D eigenvalue weighted by atomic mass is 16.5. The molecule has 1 aliphatic rings. The lowest BCUT2D eigenvalue weighted by atomic mass is 10.3. The van der Waals surface area contributed by atoms with E-state index in [0.717, 1.165) is 13.0 Å². The highest BCUT2D eigenvalue weighted by Crippen LogP contribution is 2.07. The lowest BCUT2D eigenvalue weighted by molar-refractivity contribution is 0.165. The van der Waals surface area contributed by atoms with E-state index in [1.807, 2.05) is 0 Å². The van der Waals surface area contributed by atoms with Gasteiger partial charge in [0.1, 0.15) is 0 Å². The molecule has 1 atom stereocenters. The maximum atomic E-state index is 5.08. The van der Waals surface area contributed by atoms with E-state index in [4.69, 9.17) is 4.74 Å². The fourth-order valence-electron chi connectivity index (χ4n) is 2.00. The molecule has 0 aromatic rings. The van der Waals surface area contributed by atoms with Gasteiger partial charge in [-0.2, -0.15) is 0 Å². The highest BCUT2D eigenvalue weighted by Gasteiger charge is 2.17. The second-order valence-electron chi connectivity index (χ2n) is 4.33. The molecule has 1 aliphatic heterocycles. The average molecular weight is 200 g/mol. The zero-order valence-corrected chi connectivity index (χ0v) is 9.83. The van der Waals surface area contributed by atoms with Crippen molar-refractivity contribution in [2.24, 2.45) is 0 Å². The Hall–Kier alpha value is -0.120. The Balaban J connectivity index is 2.24. The molecule has 1 saturated heterocycles. The number of hydrogen-bond donors (Lipinski definition) is 0. The number of methoxy groups -OCH3 is 1. The van der Waals surface area contributed by atoms with E-state index in [0.29, 0.717) is 6.04 Å². The summed E-state index contributed by atoms with van der Waals surface area (Å²) in [5.74, 6) is 0. The SMILES string of the molecule is COCCCN1CCCN(C)[C@@H](C)C1. The second-order valence-corrected chi connectivity index (χ2v) is 4.33. The van der Waals surface area contributed by atoms with Gasteiger partial charge >= 0.3 is 0 Å². The monoisotopic (exact) mass is 200 g/mol. The predicted octanol–water partition coefficient (Wildman–Crippen LogP) is 1.05. The first-order valence-electron chi connectivity index (χ1n) is 5.65. The summed E-state index contributed by atoms with van der Waals surface area (Å²) in [5.41, 5.74) is 0. The normalized spacial score (nSPS) is 26.4. The van der Waals surface area contributed by atoms with Crippen LogP contribution in [0, 0.1) is 0 Å². The van der Waals surface area contributed by atoms with Gasteiger partial charge in [0.05, 0.1) is 0 Å². The van der Waals surface area contributed by atoms with E-state index in [1.165, 1.54) is 32.6 Å². The summed E-state index contributed by atoms with van der Waals surface area (Å²) in [6, 6.07) is 0.694. The second kappa shape index (κ2) is 6.38. The van der Waals surface area contributed by atoms with Crippen molar-refractivity contribution in [1.29, 1.82) is 0 Å². The molecule has 0 saturated carbocycles. The van der Waals surface area contributed by atoms with Crippen LogP contribution in [0.4, 0.5) is 0 Å². The molecule has 0 N–H and O–H groups in total. The third-order valence-corrected chi connectivity index (χ3v) is 3.08. The van der Waals surface area contributed by atoms with Gasteiger partial charge in [-0.05, 0) is 39.9 Å². The Labute approximate surface area is 88.0 Å². The Morgan fingerprint density at radius 1 is 1.36 bits per heavy atom. The smallest absolute Gasteiger partial charge is 0.0474 e. The maximum Gasteiger partial charge on any atom is 0.0474 e. The van der Waals surface area contributed by atoms with Crippen LogP contribution in [-0.4, -0.2) is 62.8 Å². The summed E-state index contributed by atoms with van der Waals surface area (Å²) >= 11 is 0. The number of ether oxygens (including phenoxy) is 1. The van der Waals surface area contributed by atoms with Crippen LogP contribution >= 0.6 is 0 Å². The van der Waals surface area contributed by atoms with E-state index in [1.54, 1.807) is 7.11 Å². The number of likely N-dealkylation sites (N-methyl/N-ethyl adjacent to an activating group) is 1. The van der Waals surface area contributed by atoms with Gasteiger partial charge in [0.15, 0.2) is 0 Å². The van der Waals surface area contributed by atoms with Gasteiger partial charge in [-0.15, -0.1) is 0 Å². The van der Waals surface area contributed by atoms with Gasteiger partial charge in [-0.25, -0.2) is 0 Å². The zero-order valence-electron chi connectivity index (χ0n) is 9.83. The van der Waals surface area contributed by atoms with Gasteiger partial charge in [0.25, 0.3) is 0 Å². The molecule has 0 aliphatic carbocycles. The van der Waals surface area contributed by atoms with Gasteiger partial charge in [-0.3, -0.25) is 0 Å². The molecule has 3 heteroatoms. The summed E-state index contributed by atoms with van der Waals surface area (Å²) in [4.78, 5) is 5.02. The molecule has 1 rings (SSSR count). The Morgan fingerprint density at radius 2 is 2.14 bits per heavy atom. The molecule has 3 nitrogen and oxygen atoms in total. The van der Waals surface area contributed by atoms with Crippen LogP contribution < -0.4 is 0 Å². The molecule has 0 spiro atoms. The van der Waals surface area contributed by atoms with Gasteiger partial charge in [0.2, 0.25) is 0 Å². The third kappa shape index (κ3) is 3.95. The van der Waals surface area contributed by atoms with Crippen molar-refractivity contribution in [3.63, 3.8) is 0 Å². The first kappa shape index (κ1) is 12.0. The van der Waals surface area contributed by atoms with Crippen LogP contribution in [0.15, 0.2) is 0 Å². The van der Waals surface area contributed by atoms with E-state index >= 15 is 0 Å². The van der Waals surface area contributed by atoms with Gasteiger partial charge < -0.3 is 14.5 Å². The van der Waals surface area contributed by atoms with E-state index in [9.17, 15) is 0 Å². The first-order valence-corrected chi connectivity index (χ1v) is 5.65. The molecule has 0 amide bonds. The van der Waals surface area contributed by atoms with Gasteiger partial charge in [-0.1, -0.05) is 0 Å². The number of nitrogens with zero attached hydrogens (tertiary/aromatic N) is 2. The molecule has 1 heterocycles. The van der Waals surface area contributed by atoms with Gasteiger partial charge in [0, 0.05) is 32.8 Å². The van der Waals surface area contributed by atoms with Crippen molar-refractivity contribution < 1.29 is 4.74 Å². The fraction of sp³-hybridized carbons (Fsp3) is 1.00. The zero-order chi connectivity index (χ0) is 10.4. The minimum Gasteiger partial charge on any atom is -0.385 e. The standard InChI is InChI=1S/C11H24N2O/c1-11-10-13(8-5-9-14-3)7-4-6-12(11)2/h11H,4-10H2,1-3H3/t11-/m0/s1. The molecule has 0 aromatic carbocycles. The number of hydrogen-bond acceptors (Lipinski definition) is 3. The quantitative estimate of drug-likeness (QED) is 0.631. The Morgan fingerprint density at radius 3 is 2.86 bits per heavy atom. The Kier molecular flexibility index (Phi) is 5.45. The molecule has 14 heavy (non-hydrogen) atoms. The molecular formula is C11H24N2O. The van der Waals surface area contributed by atoms with Crippen LogP contribution in [-0.2, 0) is 4.74 Å². The summed E-state index contributed by atoms with van der Waals surface area (Å²) in [7, 11) is 4.00. The molecule has 0 unspecified atom stereocenters. The topological polar surface area (TPSA) is 15.7 Å². The van der Waals surface area contributed by atoms with Crippen LogP contribution in [0.3, 0.4) is 0 Å². The van der Waals surface area contributed by atoms with E-state index < -0.39 is 0 Å². The third-order valence-electron chi connectivity index (χ3n) is 3.08. The highest BCUT2D eigenvalue weighted by molar-refractivity contribution is 4.74. The maximum absolute atomic E-state index is 5.08. The summed E-state index contributed by atoms with van der Waals surface area (Å²) < 4.78 is 5.08. The molecule has 1 fully saturated rings. The van der Waals surface area contributed by atoms with Crippen LogP contribution in [0.25, 0.3) is 0 Å². The average Bonchev–Trinajstić information content (AvgIpc) is 2.31. The predicted molar refractivity (Wildman–Crippen MR) is 59.6 cm³/mol. The molecule has 84 valence electrons. The molecule has 0 bridgehead atoms. The number of rotatable bonds is 4. The largest absolute Gasteiger partial charge is 0.385 e. The van der Waals surface area contributed by atoms with Crippen molar-refractivity contribution in [3.8, 4) is 0 Å². The van der Waals surface area contributed by atoms with Crippen LogP contribution in [0.1, 0.15) is 19.8 Å². The van der Waals surface area contributed by atoms with E-state index in [2.05, 4.69) is 23.8 Å². The van der Waals surface area contributed by atoms with Crippen molar-refractivity contribution in [2.75, 3.05) is 46.9 Å². The minimum absolute atomic E-state index is 0.694. The fourth-order valence-corrected chi connectivity index (χ4v) is 2.00. The first-order chi connectivity index (χ1) is 6.74. The minimum atomic E-state index is 0.694. The van der Waals surface area contributed by atoms with Crippen molar-refractivity contribution in [3.05, 3.63) is 0 Å². The van der Waals surface area contributed by atoms with Crippen molar-refractivity contribution in [2.45, 2.75) is 25.8 Å². The Bertz CT molecular complexity index is 152. The lowest BCUT2D eigenvalue weighted by Crippen LogP contribution is -2.37. The van der Waals surface area contributed by atoms with Crippen LogP contribution in [0.2, 0.25) is 0 Å². The van der Waals surface area contributed by atoms with Crippen LogP contribution in [0.5, 0.6) is 0 Å². The summed E-state index contributed by atoms with van der Waals surface area (Å²) in [6.45, 7) is 8.09. The lowest BCUT2D eigenvalue weighted by Gasteiger charge is -2.25. The summed E-state index contributed by atoms with van der Waals surface area (Å²) in [6.07, 6.45) is 2.46. The summed E-state index contributed by atoms with van der Waals surface area (Å²) in [5, 5.41) is 0. The van der Waals surface area contributed by atoms with E-state index in [-0.39, 0.29) is 0 Å². The molecular weight excluding hydrogens is 176 g/mol. The molecule has 0 radical (unpaired) electrons. The van der Waals surface area contributed by atoms with Crippen molar-refractivity contribution >= 4 is 0 Å².